The Morgan fingerprint density at radius 3 is 2.27 bits per heavy atom. The molecule has 0 amide bonds. The van der Waals surface area contributed by atoms with Gasteiger partial charge in [0.2, 0.25) is 0 Å². The molecule has 0 heterocycles. The van der Waals surface area contributed by atoms with E-state index in [9.17, 15) is 0 Å². The van der Waals surface area contributed by atoms with Crippen LogP contribution in [0, 0.1) is 0 Å². The summed E-state index contributed by atoms with van der Waals surface area (Å²) in [6.45, 7) is 7.43. The van der Waals surface area contributed by atoms with Crippen molar-refractivity contribution < 1.29 is 19.4 Å². The average molecular weight is 357 g/mol. The van der Waals surface area contributed by atoms with Crippen molar-refractivity contribution in [3.8, 4) is 17.2 Å². The maximum Gasteiger partial charge on any atom is 0.132 e. The number of ether oxygens (including phenoxy) is 3. The SMILES string of the molecule is CCC(C)(C)c1ccc(OCCOc2cc(OC)ccc2C=NO)cc1. The number of hydrogen-bond donors (Lipinski definition) is 1. The number of benzene rings is 2. The molecule has 0 aliphatic rings. The lowest BCUT2D eigenvalue weighted by Crippen LogP contribution is -2.15. The van der Waals surface area contributed by atoms with E-state index < -0.39 is 0 Å². The van der Waals surface area contributed by atoms with Crippen LogP contribution in [0.1, 0.15) is 38.3 Å². The van der Waals surface area contributed by atoms with Crippen molar-refractivity contribution in [2.75, 3.05) is 20.3 Å². The largest absolute Gasteiger partial charge is 0.497 e. The first-order chi connectivity index (χ1) is 12.5. The van der Waals surface area contributed by atoms with Crippen LogP contribution in [0.4, 0.5) is 0 Å². The van der Waals surface area contributed by atoms with Gasteiger partial charge in [0, 0.05) is 11.6 Å². The fourth-order valence-electron chi connectivity index (χ4n) is 2.45. The van der Waals surface area contributed by atoms with Crippen molar-refractivity contribution in [2.45, 2.75) is 32.6 Å². The second kappa shape index (κ2) is 9.13. The standard InChI is InChI=1S/C21H27NO4/c1-5-21(2,3)17-7-10-18(11-8-17)25-12-13-26-20-14-19(24-4)9-6-16(20)15-22-23/h6-11,14-15,23H,5,12-13H2,1-4H3. The van der Waals surface area contributed by atoms with Crippen LogP contribution in [0.3, 0.4) is 0 Å². The molecule has 0 spiro atoms. The Morgan fingerprint density at radius 2 is 1.65 bits per heavy atom. The Bertz CT molecular complexity index is 723. The second-order valence-electron chi connectivity index (χ2n) is 6.61. The Labute approximate surface area is 155 Å². The molecule has 0 bridgehead atoms. The molecule has 26 heavy (non-hydrogen) atoms. The molecule has 0 aliphatic heterocycles. The van der Waals surface area contributed by atoms with E-state index in [2.05, 4.69) is 38.1 Å². The average Bonchev–Trinajstić information content (AvgIpc) is 2.66. The maximum atomic E-state index is 8.75. The molecule has 0 unspecified atom stereocenters. The first-order valence-electron chi connectivity index (χ1n) is 8.71. The normalized spacial score (nSPS) is 11.5. The first-order valence-corrected chi connectivity index (χ1v) is 8.71. The van der Waals surface area contributed by atoms with Crippen molar-refractivity contribution in [1.82, 2.24) is 0 Å². The summed E-state index contributed by atoms with van der Waals surface area (Å²) in [6.07, 6.45) is 2.41. The van der Waals surface area contributed by atoms with E-state index >= 15 is 0 Å². The van der Waals surface area contributed by atoms with Crippen LogP contribution < -0.4 is 14.2 Å². The van der Waals surface area contributed by atoms with Crippen molar-refractivity contribution >= 4 is 6.21 Å². The molecule has 0 saturated heterocycles. The van der Waals surface area contributed by atoms with Crippen molar-refractivity contribution in [3.63, 3.8) is 0 Å². The van der Waals surface area contributed by atoms with Crippen LogP contribution in [0.5, 0.6) is 17.2 Å². The van der Waals surface area contributed by atoms with Gasteiger partial charge in [0.05, 0.1) is 13.3 Å². The summed E-state index contributed by atoms with van der Waals surface area (Å²) in [4.78, 5) is 0. The molecule has 5 nitrogen and oxygen atoms in total. The minimum atomic E-state index is 0.165. The lowest BCUT2D eigenvalue weighted by atomic mass is 9.82. The fraction of sp³-hybridized carbons (Fsp3) is 0.381. The van der Waals surface area contributed by atoms with E-state index in [0.29, 0.717) is 30.3 Å². The van der Waals surface area contributed by atoms with Gasteiger partial charge in [-0.3, -0.25) is 0 Å². The van der Waals surface area contributed by atoms with Gasteiger partial charge in [-0.2, -0.15) is 0 Å². The monoisotopic (exact) mass is 357 g/mol. The van der Waals surface area contributed by atoms with Crippen molar-refractivity contribution in [1.29, 1.82) is 0 Å². The topological polar surface area (TPSA) is 60.3 Å². The molecule has 2 rings (SSSR count). The number of oxime groups is 1. The number of methoxy groups -OCH3 is 1. The molecule has 0 radical (unpaired) electrons. The van der Waals surface area contributed by atoms with Crippen LogP contribution in [-0.4, -0.2) is 31.7 Å². The minimum absolute atomic E-state index is 0.165. The quantitative estimate of drug-likeness (QED) is 0.307. The Morgan fingerprint density at radius 1 is 1.00 bits per heavy atom. The van der Waals surface area contributed by atoms with E-state index in [4.69, 9.17) is 19.4 Å². The highest BCUT2D eigenvalue weighted by Gasteiger charge is 2.17. The van der Waals surface area contributed by atoms with Crippen LogP contribution in [0.25, 0.3) is 0 Å². The van der Waals surface area contributed by atoms with Gasteiger partial charge in [0.15, 0.2) is 0 Å². The van der Waals surface area contributed by atoms with E-state index in [1.807, 2.05) is 12.1 Å². The maximum absolute atomic E-state index is 8.75. The molecule has 0 saturated carbocycles. The molecule has 0 aliphatic carbocycles. The van der Waals surface area contributed by atoms with E-state index in [0.717, 1.165) is 12.2 Å². The second-order valence-corrected chi connectivity index (χ2v) is 6.61. The van der Waals surface area contributed by atoms with E-state index in [1.165, 1.54) is 11.8 Å². The molecule has 0 aromatic heterocycles. The number of nitrogens with zero attached hydrogens (tertiary/aromatic N) is 1. The van der Waals surface area contributed by atoms with Gasteiger partial charge in [-0.05, 0) is 41.7 Å². The Hall–Kier alpha value is -2.69. The van der Waals surface area contributed by atoms with Gasteiger partial charge in [-0.1, -0.05) is 38.1 Å². The zero-order valence-electron chi connectivity index (χ0n) is 15.9. The van der Waals surface area contributed by atoms with E-state index in [-0.39, 0.29) is 5.41 Å². The number of rotatable bonds is 9. The first kappa shape index (κ1) is 19.6. The van der Waals surface area contributed by atoms with Crippen LogP contribution in [0.2, 0.25) is 0 Å². The summed E-state index contributed by atoms with van der Waals surface area (Å²) in [5, 5.41) is 11.8. The molecule has 0 fully saturated rings. The van der Waals surface area contributed by atoms with Gasteiger partial charge >= 0.3 is 0 Å². The summed E-state index contributed by atoms with van der Waals surface area (Å²) in [7, 11) is 1.59. The van der Waals surface area contributed by atoms with Gasteiger partial charge in [0.25, 0.3) is 0 Å². The lowest BCUT2D eigenvalue weighted by Gasteiger charge is -2.23. The summed E-state index contributed by atoms with van der Waals surface area (Å²) in [5.74, 6) is 2.06. The van der Waals surface area contributed by atoms with Crippen molar-refractivity contribution in [2.24, 2.45) is 5.16 Å². The highest BCUT2D eigenvalue weighted by Crippen LogP contribution is 2.28. The van der Waals surface area contributed by atoms with Gasteiger partial charge in [0.1, 0.15) is 30.5 Å². The number of hydrogen-bond acceptors (Lipinski definition) is 5. The molecule has 2 aromatic rings. The van der Waals surface area contributed by atoms with Crippen LogP contribution >= 0.6 is 0 Å². The summed E-state index contributed by atoms with van der Waals surface area (Å²) >= 11 is 0. The Balaban J connectivity index is 1.91. The summed E-state index contributed by atoms with van der Waals surface area (Å²) in [6, 6.07) is 13.5. The van der Waals surface area contributed by atoms with Gasteiger partial charge < -0.3 is 19.4 Å². The lowest BCUT2D eigenvalue weighted by molar-refractivity contribution is 0.216. The highest BCUT2D eigenvalue weighted by molar-refractivity contribution is 5.83. The third-order valence-corrected chi connectivity index (χ3v) is 4.55. The third-order valence-electron chi connectivity index (χ3n) is 4.55. The van der Waals surface area contributed by atoms with Gasteiger partial charge in [-0.25, -0.2) is 0 Å². The zero-order valence-corrected chi connectivity index (χ0v) is 15.9. The van der Waals surface area contributed by atoms with Crippen LogP contribution in [0.15, 0.2) is 47.6 Å². The summed E-state index contributed by atoms with van der Waals surface area (Å²) in [5.41, 5.74) is 2.13. The molecular formula is C21H27NO4. The third kappa shape index (κ3) is 5.15. The smallest absolute Gasteiger partial charge is 0.132 e. The zero-order chi connectivity index (χ0) is 19.0. The van der Waals surface area contributed by atoms with Gasteiger partial charge in [-0.15, -0.1) is 0 Å². The molecule has 2 aromatic carbocycles. The Kier molecular flexibility index (Phi) is 6.89. The summed E-state index contributed by atoms with van der Waals surface area (Å²) < 4.78 is 16.7. The molecule has 0 atom stereocenters. The molecular weight excluding hydrogens is 330 g/mol. The fourth-order valence-corrected chi connectivity index (χ4v) is 2.45. The minimum Gasteiger partial charge on any atom is -0.497 e. The molecule has 1 N–H and O–H groups in total. The molecule has 140 valence electrons. The predicted molar refractivity (Wildman–Crippen MR) is 103 cm³/mol. The van der Waals surface area contributed by atoms with Crippen molar-refractivity contribution in [3.05, 3.63) is 53.6 Å². The molecule has 5 heteroatoms. The van der Waals surface area contributed by atoms with Crippen LogP contribution in [-0.2, 0) is 5.41 Å². The van der Waals surface area contributed by atoms with E-state index in [1.54, 1.807) is 25.3 Å². The highest BCUT2D eigenvalue weighted by atomic mass is 16.5. The predicted octanol–water partition coefficient (Wildman–Crippen LogP) is 4.65.